The van der Waals surface area contributed by atoms with Crippen molar-refractivity contribution >= 4 is 27.5 Å². The normalized spacial score (nSPS) is 11.9. The number of rotatable bonds is 3. The first-order valence-corrected chi connectivity index (χ1v) is 6.77. The van der Waals surface area contributed by atoms with Crippen LogP contribution in [0.4, 0.5) is 5.69 Å². The van der Waals surface area contributed by atoms with Crippen molar-refractivity contribution < 1.29 is 4.79 Å². The molecule has 0 aliphatic heterocycles. The van der Waals surface area contributed by atoms with Crippen molar-refractivity contribution in [2.75, 3.05) is 5.73 Å². The first kappa shape index (κ1) is 13.6. The molecule has 2 rings (SSSR count). The van der Waals surface area contributed by atoms with Crippen LogP contribution < -0.4 is 11.1 Å². The number of hydrogen-bond acceptors (Lipinski definition) is 2. The molecule has 0 radical (unpaired) electrons. The third-order valence-corrected chi connectivity index (χ3v) is 3.42. The van der Waals surface area contributed by atoms with Gasteiger partial charge in [-0.25, -0.2) is 0 Å². The quantitative estimate of drug-likeness (QED) is 0.851. The summed E-state index contributed by atoms with van der Waals surface area (Å²) in [6.07, 6.45) is 0. The molecule has 0 saturated carbocycles. The lowest BCUT2D eigenvalue weighted by Crippen LogP contribution is -2.26. The zero-order valence-corrected chi connectivity index (χ0v) is 12.1. The zero-order chi connectivity index (χ0) is 13.8. The Morgan fingerprint density at radius 3 is 2.26 bits per heavy atom. The molecular weight excluding hydrogens is 304 g/mol. The maximum absolute atomic E-state index is 12.1. The van der Waals surface area contributed by atoms with Gasteiger partial charge in [0.15, 0.2) is 0 Å². The minimum absolute atomic E-state index is 0.0586. The van der Waals surface area contributed by atoms with E-state index < -0.39 is 0 Å². The smallest absolute Gasteiger partial charge is 0.251 e. The minimum atomic E-state index is -0.0863. The van der Waals surface area contributed by atoms with Crippen molar-refractivity contribution in [3.63, 3.8) is 0 Å². The summed E-state index contributed by atoms with van der Waals surface area (Å²) in [5.74, 6) is -0.0863. The molecule has 98 valence electrons. The number of carbonyl (C=O) groups excluding carboxylic acids is 1. The Morgan fingerprint density at radius 2 is 1.68 bits per heavy atom. The van der Waals surface area contributed by atoms with Gasteiger partial charge in [-0.15, -0.1) is 0 Å². The van der Waals surface area contributed by atoms with Crippen molar-refractivity contribution in [2.24, 2.45) is 0 Å². The van der Waals surface area contributed by atoms with Crippen LogP contribution >= 0.6 is 15.9 Å². The van der Waals surface area contributed by atoms with Gasteiger partial charge in [0, 0.05) is 15.7 Å². The van der Waals surface area contributed by atoms with E-state index in [1.165, 1.54) is 0 Å². The molecule has 1 unspecified atom stereocenters. The minimum Gasteiger partial charge on any atom is -0.399 e. The summed E-state index contributed by atoms with van der Waals surface area (Å²) in [5.41, 5.74) is 8.03. The monoisotopic (exact) mass is 318 g/mol. The van der Waals surface area contributed by atoms with Gasteiger partial charge in [0.25, 0.3) is 5.91 Å². The lowest BCUT2D eigenvalue weighted by molar-refractivity contribution is 0.0940. The fourth-order valence-corrected chi connectivity index (χ4v) is 2.01. The molecule has 4 heteroatoms. The van der Waals surface area contributed by atoms with E-state index in [4.69, 9.17) is 5.73 Å². The first-order valence-electron chi connectivity index (χ1n) is 5.98. The molecule has 0 aliphatic carbocycles. The molecule has 0 aliphatic rings. The van der Waals surface area contributed by atoms with Crippen molar-refractivity contribution in [1.29, 1.82) is 0 Å². The summed E-state index contributed by atoms with van der Waals surface area (Å²) in [4.78, 5) is 12.1. The summed E-state index contributed by atoms with van der Waals surface area (Å²) in [7, 11) is 0. The molecule has 3 N–H and O–H groups in total. The predicted octanol–water partition coefficient (Wildman–Crippen LogP) is 3.52. The van der Waals surface area contributed by atoms with Gasteiger partial charge < -0.3 is 11.1 Å². The van der Waals surface area contributed by atoms with Crippen molar-refractivity contribution in [2.45, 2.75) is 13.0 Å². The number of nitrogens with two attached hydrogens (primary N) is 1. The summed E-state index contributed by atoms with van der Waals surface area (Å²) >= 11 is 3.35. The molecule has 2 aromatic rings. The van der Waals surface area contributed by atoms with E-state index in [9.17, 15) is 4.79 Å². The van der Waals surface area contributed by atoms with Crippen LogP contribution in [0, 0.1) is 0 Å². The van der Waals surface area contributed by atoms with Gasteiger partial charge >= 0.3 is 0 Å². The number of anilines is 1. The van der Waals surface area contributed by atoms with Crippen LogP contribution in [0.1, 0.15) is 28.9 Å². The molecular formula is C15H15BrN2O. The molecule has 0 spiro atoms. The highest BCUT2D eigenvalue weighted by molar-refractivity contribution is 9.10. The number of benzene rings is 2. The van der Waals surface area contributed by atoms with E-state index in [0.717, 1.165) is 15.7 Å². The van der Waals surface area contributed by atoms with Crippen LogP contribution in [-0.4, -0.2) is 5.91 Å². The second-order valence-corrected chi connectivity index (χ2v) is 5.28. The number of carbonyl (C=O) groups is 1. The second-order valence-electron chi connectivity index (χ2n) is 4.37. The highest BCUT2D eigenvalue weighted by Gasteiger charge is 2.11. The lowest BCUT2D eigenvalue weighted by Gasteiger charge is -2.14. The van der Waals surface area contributed by atoms with E-state index >= 15 is 0 Å². The molecule has 19 heavy (non-hydrogen) atoms. The Bertz CT molecular complexity index is 564. The highest BCUT2D eigenvalue weighted by atomic mass is 79.9. The Morgan fingerprint density at radius 1 is 1.11 bits per heavy atom. The number of nitrogens with one attached hydrogen (secondary N) is 1. The van der Waals surface area contributed by atoms with Crippen LogP contribution in [0.5, 0.6) is 0 Å². The van der Waals surface area contributed by atoms with Gasteiger partial charge in [0.1, 0.15) is 0 Å². The molecule has 3 nitrogen and oxygen atoms in total. The molecule has 0 bridgehead atoms. The van der Waals surface area contributed by atoms with Gasteiger partial charge in [0.05, 0.1) is 6.04 Å². The molecule has 1 amide bonds. The summed E-state index contributed by atoms with van der Waals surface area (Å²) < 4.78 is 0.954. The van der Waals surface area contributed by atoms with Crippen LogP contribution in [0.2, 0.25) is 0 Å². The fraction of sp³-hybridized carbons (Fsp3) is 0.133. The van der Waals surface area contributed by atoms with E-state index in [-0.39, 0.29) is 11.9 Å². The van der Waals surface area contributed by atoms with Gasteiger partial charge in [-0.05, 0) is 48.9 Å². The zero-order valence-electron chi connectivity index (χ0n) is 10.6. The SMILES string of the molecule is CC(NC(=O)c1ccc(Br)cc1)c1ccc(N)cc1. The van der Waals surface area contributed by atoms with E-state index in [1.54, 1.807) is 12.1 Å². The molecule has 0 aromatic heterocycles. The van der Waals surface area contributed by atoms with E-state index in [1.807, 2.05) is 43.3 Å². The molecule has 0 saturated heterocycles. The lowest BCUT2D eigenvalue weighted by atomic mass is 10.1. The number of nitrogen functional groups attached to an aromatic ring is 1. The highest BCUT2D eigenvalue weighted by Crippen LogP contribution is 2.16. The number of hydrogen-bond donors (Lipinski definition) is 2. The summed E-state index contributed by atoms with van der Waals surface area (Å²) in [6.45, 7) is 1.95. The van der Waals surface area contributed by atoms with E-state index in [0.29, 0.717) is 5.56 Å². The van der Waals surface area contributed by atoms with Gasteiger partial charge in [-0.1, -0.05) is 28.1 Å². The summed E-state index contributed by atoms with van der Waals surface area (Å²) in [5, 5.41) is 2.96. The van der Waals surface area contributed by atoms with Crippen molar-refractivity contribution in [3.05, 3.63) is 64.1 Å². The average Bonchev–Trinajstić information content (AvgIpc) is 2.40. The Labute approximate surface area is 121 Å². The second kappa shape index (κ2) is 5.89. The maximum atomic E-state index is 12.1. The third-order valence-electron chi connectivity index (χ3n) is 2.89. The van der Waals surface area contributed by atoms with Crippen molar-refractivity contribution in [3.8, 4) is 0 Å². The van der Waals surface area contributed by atoms with Crippen molar-refractivity contribution in [1.82, 2.24) is 5.32 Å². The molecule has 0 fully saturated rings. The van der Waals surface area contributed by atoms with Gasteiger partial charge in [-0.2, -0.15) is 0 Å². The molecule has 1 atom stereocenters. The van der Waals surface area contributed by atoms with Gasteiger partial charge in [-0.3, -0.25) is 4.79 Å². The number of amides is 1. The predicted molar refractivity (Wildman–Crippen MR) is 80.9 cm³/mol. The molecule has 2 aromatic carbocycles. The average molecular weight is 319 g/mol. The standard InChI is InChI=1S/C15H15BrN2O/c1-10(11-4-8-14(17)9-5-11)18-15(19)12-2-6-13(16)7-3-12/h2-10H,17H2,1H3,(H,18,19). The largest absolute Gasteiger partial charge is 0.399 e. The van der Waals surface area contributed by atoms with Crippen LogP contribution in [0.25, 0.3) is 0 Å². The van der Waals surface area contributed by atoms with Gasteiger partial charge in [0.2, 0.25) is 0 Å². The maximum Gasteiger partial charge on any atom is 0.251 e. The van der Waals surface area contributed by atoms with E-state index in [2.05, 4.69) is 21.2 Å². The van der Waals surface area contributed by atoms with Crippen LogP contribution in [0.15, 0.2) is 53.0 Å². The Hall–Kier alpha value is -1.81. The number of halogens is 1. The Kier molecular flexibility index (Phi) is 4.22. The van der Waals surface area contributed by atoms with Crippen LogP contribution in [-0.2, 0) is 0 Å². The topological polar surface area (TPSA) is 55.1 Å². The Balaban J connectivity index is 2.06. The van der Waals surface area contributed by atoms with Crippen LogP contribution in [0.3, 0.4) is 0 Å². The summed E-state index contributed by atoms with van der Waals surface area (Å²) in [6, 6.07) is 14.7. The fourth-order valence-electron chi connectivity index (χ4n) is 1.75. The molecule has 0 heterocycles. The first-order chi connectivity index (χ1) is 9.06. The third kappa shape index (κ3) is 3.58.